The number of carboxylic acid groups (broad SMARTS) is 1. The summed E-state index contributed by atoms with van der Waals surface area (Å²) < 4.78 is 7.72. The summed E-state index contributed by atoms with van der Waals surface area (Å²) in [6.07, 6.45) is 7.79. The van der Waals surface area contributed by atoms with E-state index in [-0.39, 0.29) is 6.42 Å². The van der Waals surface area contributed by atoms with Crippen molar-refractivity contribution >= 4 is 57.2 Å². The minimum Gasteiger partial charge on any atom is -0.494 e. The molecule has 148 valence electrons. The second kappa shape index (κ2) is 10.5. The molecule has 0 fully saturated rings. The molecular weight excluding hydrogens is 492 g/mol. The van der Waals surface area contributed by atoms with Crippen molar-refractivity contribution in [3.63, 3.8) is 0 Å². The van der Waals surface area contributed by atoms with Crippen LogP contribution < -0.4 is 10.1 Å². The minimum atomic E-state index is -0.730. The number of aliphatic carboxylic acids is 1. The van der Waals surface area contributed by atoms with E-state index in [1.807, 2.05) is 28.6 Å². The van der Waals surface area contributed by atoms with Gasteiger partial charge in [-0.25, -0.2) is 9.97 Å². The van der Waals surface area contributed by atoms with Crippen LogP contribution in [0.4, 0.5) is 11.6 Å². The quantitative estimate of drug-likeness (QED) is 0.216. The topological polar surface area (TPSA) is 102 Å². The highest BCUT2D eigenvalue weighted by atomic mass is 127. The molecule has 0 bridgehead atoms. The Bertz CT molecular complexity index is 919. The summed E-state index contributed by atoms with van der Waals surface area (Å²) in [7, 11) is 0. The summed E-state index contributed by atoms with van der Waals surface area (Å²) >= 11 is 2.29. The average molecular weight is 513 g/mol. The molecule has 0 saturated heterocycles. The van der Waals surface area contributed by atoms with Crippen molar-refractivity contribution in [2.45, 2.75) is 32.1 Å². The molecular formula is C18H21IN5O3P. The summed E-state index contributed by atoms with van der Waals surface area (Å²) in [5.74, 6) is 0.599. The van der Waals surface area contributed by atoms with Gasteiger partial charge in [0.1, 0.15) is 17.6 Å². The summed E-state index contributed by atoms with van der Waals surface area (Å²) in [5.41, 5.74) is 2.47. The zero-order valence-corrected chi connectivity index (χ0v) is 18.3. The fourth-order valence-electron chi connectivity index (χ4n) is 2.62. The van der Waals surface area contributed by atoms with Crippen LogP contribution >= 0.6 is 28.4 Å². The lowest BCUT2D eigenvalue weighted by Crippen LogP contribution is -1.99. The van der Waals surface area contributed by atoms with Crippen LogP contribution in [0.5, 0.6) is 5.75 Å². The molecule has 0 amide bonds. The number of unbranched alkanes of at least 4 members (excludes halogenated alkanes) is 3. The number of imidazole rings is 1. The standard InChI is InChI=1S/C18H21IN5O3P/c19-28-24-12-21-15-11-20-18(23-17(15)24)22-13-6-8-14(9-7-13)27-10-4-2-1-3-5-16(25)26/h6-9,11-12,28H,1-5,10H2,(H,25,26)(H,20,22,23). The highest BCUT2D eigenvalue weighted by molar-refractivity contribution is 14.2. The molecule has 3 rings (SSSR count). The Kier molecular flexibility index (Phi) is 7.79. The van der Waals surface area contributed by atoms with Gasteiger partial charge in [0.25, 0.3) is 0 Å². The minimum absolute atomic E-state index is 0.243. The van der Waals surface area contributed by atoms with Crippen molar-refractivity contribution in [1.29, 1.82) is 0 Å². The maximum absolute atomic E-state index is 10.4. The lowest BCUT2D eigenvalue weighted by Gasteiger charge is -2.08. The van der Waals surface area contributed by atoms with Crippen molar-refractivity contribution in [3.05, 3.63) is 36.8 Å². The van der Waals surface area contributed by atoms with Gasteiger partial charge in [0.2, 0.25) is 5.95 Å². The Labute approximate surface area is 177 Å². The number of anilines is 2. The molecule has 0 aliphatic rings. The van der Waals surface area contributed by atoms with E-state index in [2.05, 4.69) is 42.3 Å². The van der Waals surface area contributed by atoms with Gasteiger partial charge in [-0.3, -0.25) is 9.13 Å². The molecule has 8 nitrogen and oxygen atoms in total. The first-order valence-electron chi connectivity index (χ1n) is 8.94. The summed E-state index contributed by atoms with van der Waals surface area (Å²) in [4.78, 5) is 23.6. The Hall–Kier alpha value is -2.00. The third-order valence-electron chi connectivity index (χ3n) is 4.05. The number of rotatable bonds is 11. The molecule has 2 aromatic heterocycles. The van der Waals surface area contributed by atoms with Crippen molar-refractivity contribution in [3.8, 4) is 5.75 Å². The van der Waals surface area contributed by atoms with Crippen LogP contribution in [0.25, 0.3) is 11.2 Å². The van der Waals surface area contributed by atoms with Gasteiger partial charge in [0, 0.05) is 12.1 Å². The normalized spacial score (nSPS) is 11.3. The zero-order valence-electron chi connectivity index (χ0n) is 15.1. The Morgan fingerprint density at radius 1 is 1.18 bits per heavy atom. The molecule has 1 atom stereocenters. The van der Waals surface area contributed by atoms with Crippen LogP contribution in [0.15, 0.2) is 36.8 Å². The van der Waals surface area contributed by atoms with E-state index in [1.165, 1.54) is 0 Å². The van der Waals surface area contributed by atoms with E-state index >= 15 is 0 Å². The molecule has 28 heavy (non-hydrogen) atoms. The first-order valence-corrected chi connectivity index (χ1v) is 13.0. The monoisotopic (exact) mass is 513 g/mol. The van der Waals surface area contributed by atoms with Gasteiger partial charge in [-0.15, -0.1) is 0 Å². The number of ether oxygens (including phenoxy) is 1. The maximum Gasteiger partial charge on any atom is 0.303 e. The van der Waals surface area contributed by atoms with E-state index in [0.29, 0.717) is 18.9 Å². The Balaban J connectivity index is 1.46. The van der Waals surface area contributed by atoms with Crippen molar-refractivity contribution in [2.75, 3.05) is 11.9 Å². The number of nitrogens with zero attached hydrogens (tertiary/aromatic N) is 4. The third kappa shape index (κ3) is 6.00. The third-order valence-corrected chi connectivity index (χ3v) is 6.11. The van der Waals surface area contributed by atoms with Crippen LogP contribution in [0.3, 0.4) is 0 Å². The van der Waals surface area contributed by atoms with Crippen LogP contribution in [0, 0.1) is 0 Å². The van der Waals surface area contributed by atoms with E-state index in [1.54, 1.807) is 12.5 Å². The van der Waals surface area contributed by atoms with Crippen molar-refractivity contribution in [1.82, 2.24) is 19.3 Å². The zero-order chi connectivity index (χ0) is 19.8. The number of nitrogens with one attached hydrogen (secondary N) is 1. The SMILES string of the molecule is O=C(O)CCCCCCOc1ccc(Nc2ncc3ncn(PI)c3n2)cc1. The molecule has 1 aromatic carbocycles. The van der Waals surface area contributed by atoms with Gasteiger partial charge in [0.05, 0.1) is 19.2 Å². The largest absolute Gasteiger partial charge is 0.494 e. The van der Waals surface area contributed by atoms with Crippen LogP contribution in [0.2, 0.25) is 0 Å². The van der Waals surface area contributed by atoms with Crippen molar-refractivity contribution < 1.29 is 14.6 Å². The molecule has 10 heteroatoms. The van der Waals surface area contributed by atoms with E-state index in [0.717, 1.165) is 48.3 Å². The van der Waals surface area contributed by atoms with Gasteiger partial charge in [-0.1, -0.05) is 12.8 Å². The molecule has 2 N–H and O–H groups in total. The number of fused-ring (bicyclic) bond motifs is 1. The highest BCUT2D eigenvalue weighted by Crippen LogP contribution is 2.28. The number of halogens is 1. The lowest BCUT2D eigenvalue weighted by atomic mass is 10.1. The number of hydrogen-bond acceptors (Lipinski definition) is 6. The van der Waals surface area contributed by atoms with Crippen LogP contribution in [-0.4, -0.2) is 37.0 Å². The maximum atomic E-state index is 10.4. The predicted molar refractivity (Wildman–Crippen MR) is 119 cm³/mol. The van der Waals surface area contributed by atoms with Crippen molar-refractivity contribution in [2.24, 2.45) is 0 Å². The lowest BCUT2D eigenvalue weighted by molar-refractivity contribution is -0.137. The molecule has 1 unspecified atom stereocenters. The van der Waals surface area contributed by atoms with E-state index in [9.17, 15) is 4.79 Å². The number of carbonyl (C=O) groups is 1. The van der Waals surface area contributed by atoms with Crippen LogP contribution in [0.1, 0.15) is 32.1 Å². The van der Waals surface area contributed by atoms with Gasteiger partial charge in [-0.05, 0) is 59.1 Å². The summed E-state index contributed by atoms with van der Waals surface area (Å²) in [6.45, 7) is 0.626. The Morgan fingerprint density at radius 2 is 1.96 bits per heavy atom. The Morgan fingerprint density at radius 3 is 2.71 bits per heavy atom. The van der Waals surface area contributed by atoms with Crippen LogP contribution in [-0.2, 0) is 4.79 Å². The van der Waals surface area contributed by atoms with E-state index in [4.69, 9.17) is 9.84 Å². The molecule has 0 spiro atoms. The molecule has 3 aromatic rings. The summed E-state index contributed by atoms with van der Waals surface area (Å²) in [5, 5.41) is 11.8. The molecule has 0 radical (unpaired) electrons. The fourth-order valence-corrected chi connectivity index (χ4v) is 4.02. The van der Waals surface area contributed by atoms with Gasteiger partial charge < -0.3 is 15.2 Å². The fraction of sp³-hybridized carbons (Fsp3) is 0.333. The molecule has 0 aliphatic heterocycles. The first-order chi connectivity index (χ1) is 13.7. The van der Waals surface area contributed by atoms with Gasteiger partial charge >= 0.3 is 5.97 Å². The number of aromatic nitrogens is 4. The smallest absolute Gasteiger partial charge is 0.303 e. The predicted octanol–water partition coefficient (Wildman–Crippen LogP) is 4.78. The molecule has 0 aliphatic carbocycles. The average Bonchev–Trinajstić information content (AvgIpc) is 3.10. The second-order valence-electron chi connectivity index (χ2n) is 6.16. The van der Waals surface area contributed by atoms with Gasteiger partial charge in [0.15, 0.2) is 5.65 Å². The highest BCUT2D eigenvalue weighted by Gasteiger charge is 2.06. The number of benzene rings is 1. The molecule has 0 saturated carbocycles. The van der Waals surface area contributed by atoms with Gasteiger partial charge in [-0.2, -0.15) is 4.98 Å². The number of carboxylic acids is 1. The van der Waals surface area contributed by atoms with E-state index < -0.39 is 5.97 Å². The first kappa shape index (κ1) is 20.7. The number of hydrogen-bond donors (Lipinski definition) is 2. The summed E-state index contributed by atoms with van der Waals surface area (Å²) in [6, 6.07) is 7.66. The second-order valence-corrected chi connectivity index (χ2v) is 8.26. The molecule has 2 heterocycles.